The van der Waals surface area contributed by atoms with Crippen molar-refractivity contribution in [2.24, 2.45) is 7.05 Å². The molecule has 3 aromatic heterocycles. The van der Waals surface area contributed by atoms with Crippen LogP contribution in [-0.2, 0) is 18.3 Å². The lowest BCUT2D eigenvalue weighted by Crippen LogP contribution is -2.31. The van der Waals surface area contributed by atoms with Crippen LogP contribution in [0.15, 0.2) is 24.5 Å². The van der Waals surface area contributed by atoms with Crippen LogP contribution >= 0.6 is 11.3 Å². The second kappa shape index (κ2) is 6.49. The van der Waals surface area contributed by atoms with Gasteiger partial charge in [-0.25, -0.2) is 9.67 Å². The summed E-state index contributed by atoms with van der Waals surface area (Å²) in [6.45, 7) is 4.59. The van der Waals surface area contributed by atoms with Crippen molar-refractivity contribution in [2.45, 2.75) is 32.4 Å². The second-order valence-corrected chi connectivity index (χ2v) is 7.21. The Bertz CT molecular complexity index is 788. The van der Waals surface area contributed by atoms with Crippen LogP contribution in [0.5, 0.6) is 0 Å². The summed E-state index contributed by atoms with van der Waals surface area (Å²) < 4.78 is 8.88. The molecule has 1 saturated heterocycles. The number of ether oxygens (including phenoxy) is 1. The molecule has 0 saturated carbocycles. The number of hydrogen-bond acceptors (Lipinski definition) is 6. The molecule has 24 heavy (non-hydrogen) atoms. The van der Waals surface area contributed by atoms with E-state index in [9.17, 15) is 0 Å². The van der Waals surface area contributed by atoms with Crippen molar-refractivity contribution in [1.29, 1.82) is 0 Å². The number of anilines is 1. The molecule has 1 aliphatic rings. The SMILES string of the molecule is Cc1nn(C)c2nc(N(Cc3ccncc3)C[C@H]3CCCO3)sc12. The highest BCUT2D eigenvalue weighted by atomic mass is 32.1. The smallest absolute Gasteiger partial charge is 0.188 e. The largest absolute Gasteiger partial charge is 0.376 e. The third-order valence-electron chi connectivity index (χ3n) is 4.37. The fraction of sp³-hybridized carbons (Fsp3) is 0.471. The molecule has 126 valence electrons. The predicted molar refractivity (Wildman–Crippen MR) is 95.4 cm³/mol. The number of thiazole rings is 1. The maximum absolute atomic E-state index is 5.85. The van der Waals surface area contributed by atoms with Crippen molar-refractivity contribution in [3.05, 3.63) is 35.8 Å². The molecule has 0 radical (unpaired) electrons. The highest BCUT2D eigenvalue weighted by Gasteiger charge is 2.23. The Labute approximate surface area is 145 Å². The van der Waals surface area contributed by atoms with Gasteiger partial charge in [-0.1, -0.05) is 11.3 Å². The summed E-state index contributed by atoms with van der Waals surface area (Å²) in [6.07, 6.45) is 6.24. The van der Waals surface area contributed by atoms with Crippen LogP contribution in [0.2, 0.25) is 0 Å². The predicted octanol–water partition coefficient (Wildman–Crippen LogP) is 2.92. The molecule has 4 rings (SSSR count). The monoisotopic (exact) mass is 343 g/mol. The molecule has 1 aliphatic heterocycles. The van der Waals surface area contributed by atoms with Crippen molar-refractivity contribution in [2.75, 3.05) is 18.1 Å². The van der Waals surface area contributed by atoms with E-state index in [1.54, 1.807) is 11.3 Å². The zero-order valence-electron chi connectivity index (χ0n) is 14.0. The summed E-state index contributed by atoms with van der Waals surface area (Å²) in [5, 5.41) is 5.49. The fourth-order valence-electron chi connectivity index (χ4n) is 3.16. The van der Waals surface area contributed by atoms with E-state index in [1.165, 1.54) is 10.3 Å². The van der Waals surface area contributed by atoms with E-state index in [-0.39, 0.29) is 6.10 Å². The average Bonchev–Trinajstić information content (AvgIpc) is 3.28. The third-order valence-corrected chi connectivity index (χ3v) is 5.59. The molecule has 1 atom stereocenters. The van der Waals surface area contributed by atoms with Gasteiger partial charge in [0, 0.05) is 39.1 Å². The Balaban J connectivity index is 1.65. The molecule has 0 aromatic carbocycles. The van der Waals surface area contributed by atoms with E-state index in [1.807, 2.05) is 31.0 Å². The molecule has 0 aliphatic carbocycles. The average molecular weight is 343 g/mol. The van der Waals surface area contributed by atoms with Gasteiger partial charge in [-0.2, -0.15) is 5.10 Å². The van der Waals surface area contributed by atoms with Crippen LogP contribution in [-0.4, -0.2) is 39.0 Å². The summed E-state index contributed by atoms with van der Waals surface area (Å²) in [6, 6.07) is 4.12. The number of aromatic nitrogens is 4. The zero-order valence-corrected chi connectivity index (χ0v) is 14.8. The quantitative estimate of drug-likeness (QED) is 0.713. The van der Waals surface area contributed by atoms with Crippen LogP contribution in [0.1, 0.15) is 24.1 Å². The van der Waals surface area contributed by atoms with Crippen LogP contribution in [0, 0.1) is 6.92 Å². The normalized spacial score (nSPS) is 17.7. The molecule has 0 spiro atoms. The molecule has 6 nitrogen and oxygen atoms in total. The van der Waals surface area contributed by atoms with E-state index in [0.29, 0.717) is 0 Å². The minimum Gasteiger partial charge on any atom is -0.376 e. The van der Waals surface area contributed by atoms with E-state index in [2.05, 4.69) is 27.1 Å². The molecule has 0 N–H and O–H groups in total. The highest BCUT2D eigenvalue weighted by molar-refractivity contribution is 7.22. The van der Waals surface area contributed by atoms with Gasteiger partial charge < -0.3 is 9.64 Å². The van der Waals surface area contributed by atoms with Gasteiger partial charge in [0.15, 0.2) is 10.8 Å². The molecule has 7 heteroatoms. The fourth-order valence-corrected chi connectivity index (χ4v) is 4.20. The summed E-state index contributed by atoms with van der Waals surface area (Å²) in [4.78, 5) is 11.3. The molecule has 1 fully saturated rings. The number of aryl methyl sites for hydroxylation is 2. The lowest BCUT2D eigenvalue weighted by Gasteiger charge is -2.24. The maximum atomic E-state index is 5.85. The number of nitrogens with zero attached hydrogens (tertiary/aromatic N) is 5. The maximum Gasteiger partial charge on any atom is 0.188 e. The summed E-state index contributed by atoms with van der Waals surface area (Å²) in [7, 11) is 1.95. The Morgan fingerprint density at radius 3 is 2.92 bits per heavy atom. The third kappa shape index (κ3) is 3.01. The zero-order chi connectivity index (χ0) is 16.5. The molecular formula is C17H21N5OS. The topological polar surface area (TPSA) is 56.1 Å². The van der Waals surface area contributed by atoms with Crippen molar-refractivity contribution in [3.8, 4) is 0 Å². The highest BCUT2D eigenvalue weighted by Crippen LogP contribution is 2.32. The van der Waals surface area contributed by atoms with Crippen LogP contribution < -0.4 is 4.90 Å². The minimum atomic E-state index is 0.290. The Morgan fingerprint density at radius 2 is 2.21 bits per heavy atom. The van der Waals surface area contributed by atoms with Crippen LogP contribution in [0.25, 0.3) is 10.3 Å². The van der Waals surface area contributed by atoms with Gasteiger partial charge in [-0.05, 0) is 37.5 Å². The summed E-state index contributed by atoms with van der Waals surface area (Å²) in [5.74, 6) is 0. The molecule has 3 aromatic rings. The number of pyridine rings is 1. The van der Waals surface area contributed by atoms with Crippen LogP contribution in [0.4, 0.5) is 5.13 Å². The molecule has 0 unspecified atom stereocenters. The van der Waals surface area contributed by atoms with Gasteiger partial charge >= 0.3 is 0 Å². The van der Waals surface area contributed by atoms with E-state index < -0.39 is 0 Å². The van der Waals surface area contributed by atoms with Gasteiger partial charge in [0.05, 0.1) is 16.5 Å². The van der Waals surface area contributed by atoms with Gasteiger partial charge in [0.25, 0.3) is 0 Å². The summed E-state index contributed by atoms with van der Waals surface area (Å²) in [5.41, 5.74) is 3.23. The second-order valence-electron chi connectivity index (χ2n) is 6.23. The lowest BCUT2D eigenvalue weighted by molar-refractivity contribution is 0.115. The Kier molecular flexibility index (Phi) is 4.20. The lowest BCUT2D eigenvalue weighted by atomic mass is 10.2. The first kappa shape index (κ1) is 15.5. The van der Waals surface area contributed by atoms with Crippen LogP contribution in [0.3, 0.4) is 0 Å². The first-order valence-corrected chi connectivity index (χ1v) is 9.08. The van der Waals surface area contributed by atoms with Gasteiger partial charge in [-0.3, -0.25) is 4.98 Å². The van der Waals surface area contributed by atoms with Crippen molar-refractivity contribution in [1.82, 2.24) is 19.7 Å². The van der Waals surface area contributed by atoms with Gasteiger partial charge in [-0.15, -0.1) is 0 Å². The van der Waals surface area contributed by atoms with Gasteiger partial charge in [0.2, 0.25) is 0 Å². The molecule has 4 heterocycles. The number of fused-ring (bicyclic) bond motifs is 1. The van der Waals surface area contributed by atoms with E-state index in [0.717, 1.165) is 49.0 Å². The van der Waals surface area contributed by atoms with Crippen molar-refractivity contribution >= 4 is 26.8 Å². The molecular weight excluding hydrogens is 322 g/mol. The minimum absolute atomic E-state index is 0.290. The van der Waals surface area contributed by atoms with E-state index >= 15 is 0 Å². The van der Waals surface area contributed by atoms with Crippen molar-refractivity contribution in [3.63, 3.8) is 0 Å². The Hall–Kier alpha value is -1.99. The van der Waals surface area contributed by atoms with Gasteiger partial charge in [0.1, 0.15) is 0 Å². The number of rotatable bonds is 5. The van der Waals surface area contributed by atoms with Crippen molar-refractivity contribution < 1.29 is 4.74 Å². The van der Waals surface area contributed by atoms with E-state index in [4.69, 9.17) is 9.72 Å². The number of hydrogen-bond donors (Lipinski definition) is 0. The summed E-state index contributed by atoms with van der Waals surface area (Å²) >= 11 is 1.72. The standard InChI is InChI=1S/C17H21N5OS/c1-12-15-16(21(2)20-12)19-17(24-15)22(11-14-4-3-9-23-14)10-13-5-7-18-8-6-13/h5-8,14H,3-4,9-11H2,1-2H3/t14-/m1/s1. The molecule has 0 amide bonds. The molecule has 0 bridgehead atoms. The first-order valence-electron chi connectivity index (χ1n) is 8.26. The Morgan fingerprint density at radius 1 is 1.38 bits per heavy atom. The first-order chi connectivity index (χ1) is 11.7.